The molecule has 0 radical (unpaired) electrons. The van der Waals surface area contributed by atoms with E-state index in [1.54, 1.807) is 13.0 Å². The van der Waals surface area contributed by atoms with Gasteiger partial charge in [-0.05, 0) is 32.3 Å². The lowest BCUT2D eigenvalue weighted by molar-refractivity contribution is -0.299. The molecule has 0 spiro atoms. The van der Waals surface area contributed by atoms with Crippen LogP contribution in [0.3, 0.4) is 0 Å². The van der Waals surface area contributed by atoms with Crippen LogP contribution in [0, 0.1) is 0 Å². The van der Waals surface area contributed by atoms with Gasteiger partial charge in [-0.15, -0.1) is 0 Å². The van der Waals surface area contributed by atoms with Crippen LogP contribution in [-0.4, -0.2) is 18.1 Å². The molecule has 5 nitrogen and oxygen atoms in total. The van der Waals surface area contributed by atoms with Crippen LogP contribution in [0.25, 0.3) is 0 Å². The fourth-order valence-electron chi connectivity index (χ4n) is 1.61. The predicted molar refractivity (Wildman–Crippen MR) is 76.9 cm³/mol. The molecule has 9 N–H and O–H groups in total. The van der Waals surface area contributed by atoms with Crippen molar-refractivity contribution < 1.29 is 22.3 Å². The molecule has 0 atom stereocenters. The molecule has 0 aliphatic carbocycles. The van der Waals surface area contributed by atoms with Crippen molar-refractivity contribution in [1.82, 2.24) is 17.6 Å². The largest absolute Gasteiger partial charge is 1.00 e. The van der Waals surface area contributed by atoms with Crippen molar-refractivity contribution in [1.29, 1.82) is 0 Å². The van der Waals surface area contributed by atoms with Gasteiger partial charge in [0.15, 0.2) is 0 Å². The maximum atomic E-state index is 10.7. The van der Waals surface area contributed by atoms with Crippen molar-refractivity contribution in [2.45, 2.75) is 46.1 Å². The number of allylic oxidation sites excluding steroid dienone is 1. The van der Waals surface area contributed by atoms with E-state index < -0.39 is 5.97 Å². The molecule has 0 saturated heterocycles. The average Bonchev–Trinajstić information content (AvgIpc) is 2.27. The van der Waals surface area contributed by atoms with Crippen molar-refractivity contribution in [2.75, 3.05) is 6.54 Å². The van der Waals surface area contributed by atoms with Crippen molar-refractivity contribution in [3.05, 3.63) is 23.8 Å². The third-order valence-corrected chi connectivity index (χ3v) is 2.88. The summed E-state index contributed by atoms with van der Waals surface area (Å²) in [6, 6.07) is 0. The average molecular weight is 296 g/mol. The van der Waals surface area contributed by atoms with Crippen LogP contribution >= 0.6 is 0 Å². The summed E-state index contributed by atoms with van der Waals surface area (Å²) in [4.78, 5) is 10.7. The maximum absolute atomic E-state index is 10.7. The molecule has 0 aromatic carbocycles. The van der Waals surface area contributed by atoms with Crippen LogP contribution < -0.4 is 35.1 Å². The van der Waals surface area contributed by atoms with Crippen LogP contribution in [0.5, 0.6) is 0 Å². The molecule has 0 amide bonds. The third-order valence-electron chi connectivity index (χ3n) is 2.88. The lowest BCUT2D eigenvalue weighted by Crippen LogP contribution is -3.00. The van der Waals surface area contributed by atoms with E-state index in [1.165, 1.54) is 0 Å². The van der Waals surface area contributed by atoms with Crippen LogP contribution in [0.4, 0.5) is 0 Å². The van der Waals surface area contributed by atoms with E-state index in [2.05, 4.69) is 5.32 Å². The molecular weight excluding hydrogens is 266 g/mol. The fraction of sp³-hybridized carbons (Fsp3) is 0.615. The summed E-state index contributed by atoms with van der Waals surface area (Å²) < 4.78 is 0. The monoisotopic (exact) mass is 295 g/mol. The summed E-state index contributed by atoms with van der Waals surface area (Å²) >= 11 is 0. The van der Waals surface area contributed by atoms with Gasteiger partial charge in [0.1, 0.15) is 0 Å². The molecule has 6 heteroatoms. The fourth-order valence-corrected chi connectivity index (χ4v) is 1.61. The number of carbonyl (C=O) groups is 1. The Morgan fingerprint density at radius 2 is 1.74 bits per heavy atom. The molecule has 0 heterocycles. The van der Waals surface area contributed by atoms with Crippen LogP contribution in [0.15, 0.2) is 23.8 Å². The lowest BCUT2D eigenvalue weighted by atomic mass is 9.90. The Hall–Kier alpha value is -0.880. The quantitative estimate of drug-likeness (QED) is 0.419. The second kappa shape index (κ2) is 13.5. The van der Waals surface area contributed by atoms with Gasteiger partial charge in [0.25, 0.3) is 0 Å². The zero-order chi connectivity index (χ0) is 12.6. The molecule has 0 aliphatic rings. The van der Waals surface area contributed by atoms with Gasteiger partial charge in [0, 0.05) is 12.1 Å². The number of carbonyl (C=O) groups excluding carboxylic acids is 1. The molecular formula is C13H30ClN3O2. The summed E-state index contributed by atoms with van der Waals surface area (Å²) in [6.45, 7) is 8.38. The van der Waals surface area contributed by atoms with Crippen LogP contribution in [0.2, 0.25) is 0 Å². The Kier molecular flexibility index (Phi) is 19.0. The first-order chi connectivity index (χ1) is 7.51. The minimum absolute atomic E-state index is 0. The number of nitrogens with one attached hydrogen (secondary N) is 1. The van der Waals surface area contributed by atoms with E-state index in [0.29, 0.717) is 0 Å². The second-order valence-corrected chi connectivity index (χ2v) is 3.93. The van der Waals surface area contributed by atoms with E-state index >= 15 is 0 Å². The molecule has 0 aliphatic heterocycles. The van der Waals surface area contributed by atoms with Gasteiger partial charge in [-0.3, -0.25) is 0 Å². The molecule has 0 rings (SSSR count). The minimum Gasteiger partial charge on any atom is -1.00 e. The molecule has 0 saturated carbocycles. The maximum Gasteiger partial charge on any atom is 0.0669 e. The number of hydrogen-bond acceptors (Lipinski definition) is 3. The van der Waals surface area contributed by atoms with Crippen molar-refractivity contribution >= 4 is 5.97 Å². The number of quaternary nitrogens is 2. The number of rotatable bonds is 7. The summed E-state index contributed by atoms with van der Waals surface area (Å²) in [5.74, 6) is -1.10. The van der Waals surface area contributed by atoms with Gasteiger partial charge >= 0.3 is 0 Å². The first-order valence-electron chi connectivity index (χ1n) is 5.78. The van der Waals surface area contributed by atoms with Crippen molar-refractivity contribution in [3.8, 4) is 0 Å². The number of carboxylic acids is 1. The first kappa shape index (κ1) is 26.6. The Bertz CT molecular complexity index is 288. The number of aliphatic carboxylic acids is 1. The van der Waals surface area contributed by atoms with E-state index in [1.807, 2.05) is 32.9 Å². The highest BCUT2D eigenvalue weighted by atomic mass is 35.5. The van der Waals surface area contributed by atoms with Crippen LogP contribution in [0.1, 0.15) is 40.5 Å². The minimum atomic E-state index is -1.10. The highest BCUT2D eigenvalue weighted by Gasteiger charge is 2.22. The summed E-state index contributed by atoms with van der Waals surface area (Å²) in [5.41, 5.74) is 0.0422. The summed E-state index contributed by atoms with van der Waals surface area (Å²) in [6.07, 6.45) is 7.46. The molecule has 0 unspecified atom stereocenters. The topological polar surface area (TPSA) is 125 Å². The zero-order valence-corrected chi connectivity index (χ0v) is 13.8. The van der Waals surface area contributed by atoms with Gasteiger partial charge in [0.05, 0.1) is 5.97 Å². The van der Waals surface area contributed by atoms with E-state index in [-0.39, 0.29) is 35.8 Å². The summed E-state index contributed by atoms with van der Waals surface area (Å²) in [5, 5.41) is 14.1. The van der Waals surface area contributed by atoms with Gasteiger partial charge in [0.2, 0.25) is 0 Å². The second-order valence-electron chi connectivity index (χ2n) is 3.93. The van der Waals surface area contributed by atoms with Gasteiger partial charge in [-0.2, -0.15) is 0 Å². The van der Waals surface area contributed by atoms with E-state index in [0.717, 1.165) is 19.4 Å². The smallest absolute Gasteiger partial charge is 0.0669 e. The third kappa shape index (κ3) is 9.67. The van der Waals surface area contributed by atoms with Crippen LogP contribution in [-0.2, 0) is 4.79 Å². The highest BCUT2D eigenvalue weighted by molar-refractivity contribution is 5.84. The van der Waals surface area contributed by atoms with Gasteiger partial charge < -0.3 is 39.9 Å². The normalized spacial score (nSPS) is 11.3. The molecule has 116 valence electrons. The predicted octanol–water partition coefficient (Wildman–Crippen LogP) is -0.836. The molecule has 0 aromatic rings. The first-order valence-corrected chi connectivity index (χ1v) is 5.78. The van der Waals surface area contributed by atoms with E-state index in [9.17, 15) is 9.90 Å². The number of hydrogen-bond donors (Lipinski definition) is 3. The highest BCUT2D eigenvalue weighted by Crippen LogP contribution is 2.18. The Labute approximate surface area is 123 Å². The Morgan fingerprint density at radius 3 is 2.05 bits per heavy atom. The van der Waals surface area contributed by atoms with Crippen molar-refractivity contribution in [3.63, 3.8) is 0 Å². The van der Waals surface area contributed by atoms with E-state index in [4.69, 9.17) is 0 Å². The molecule has 0 bridgehead atoms. The molecule has 19 heavy (non-hydrogen) atoms. The Morgan fingerprint density at radius 1 is 1.26 bits per heavy atom. The standard InChI is InChI=1S/C13H23NO2.ClH.2H3N/c1-5-8-9-14-13(6-2,7-3)10-11(4)12(15)16;;;/h5,8,10,14H,6-7,9H2,1-4H3,(H,15,16);1H;2*1H3. The molecule has 0 fully saturated rings. The number of halogens is 1. The SMILES string of the molecule is CC=CCNC(C=C(C)C(=O)[O-])(CC)CC.[Cl-].[NH4+].[NH4+]. The molecule has 0 aromatic heterocycles. The van der Waals surface area contributed by atoms with Crippen molar-refractivity contribution in [2.24, 2.45) is 0 Å². The van der Waals surface area contributed by atoms with Gasteiger partial charge in [-0.1, -0.05) is 32.1 Å². The number of carboxylic acid groups (broad SMARTS) is 1. The Balaban J connectivity index is -0.000000375. The zero-order valence-electron chi connectivity index (χ0n) is 13.0. The summed E-state index contributed by atoms with van der Waals surface area (Å²) in [7, 11) is 0. The lowest BCUT2D eigenvalue weighted by Gasteiger charge is -2.30. The van der Waals surface area contributed by atoms with Gasteiger partial charge in [-0.25, -0.2) is 0 Å².